The van der Waals surface area contributed by atoms with Crippen molar-refractivity contribution in [1.82, 2.24) is 5.32 Å². The van der Waals surface area contributed by atoms with Crippen LogP contribution in [0.5, 0.6) is 5.75 Å². The zero-order valence-corrected chi connectivity index (χ0v) is 9.19. The highest BCUT2D eigenvalue weighted by Crippen LogP contribution is 2.33. The van der Waals surface area contributed by atoms with E-state index in [4.69, 9.17) is 16.3 Å². The highest BCUT2D eigenvalue weighted by molar-refractivity contribution is 6.33. The topological polar surface area (TPSA) is 21.3 Å². The van der Waals surface area contributed by atoms with Gasteiger partial charge in [-0.25, -0.2) is 0 Å². The van der Waals surface area contributed by atoms with Gasteiger partial charge in [0.2, 0.25) is 0 Å². The molecule has 0 bridgehead atoms. The number of hydrogen-bond donors (Lipinski definition) is 1. The van der Waals surface area contributed by atoms with Gasteiger partial charge in [-0.1, -0.05) is 17.7 Å². The number of nitrogens with one attached hydrogen (secondary N) is 1. The lowest BCUT2D eigenvalue weighted by Gasteiger charge is -2.13. The van der Waals surface area contributed by atoms with Crippen LogP contribution in [0.3, 0.4) is 0 Å². The zero-order chi connectivity index (χ0) is 10.1. The van der Waals surface area contributed by atoms with E-state index in [1.807, 2.05) is 19.9 Å². The molecular formula is C11H14ClNO. The van der Waals surface area contributed by atoms with Crippen LogP contribution >= 0.6 is 11.6 Å². The summed E-state index contributed by atoms with van der Waals surface area (Å²) in [4.78, 5) is 0. The van der Waals surface area contributed by atoms with Gasteiger partial charge in [-0.15, -0.1) is 0 Å². The maximum atomic E-state index is 6.23. The molecule has 2 rings (SSSR count). The van der Waals surface area contributed by atoms with Crippen molar-refractivity contribution in [3.63, 3.8) is 0 Å². The SMILES string of the molecule is CC(C)Oc1ccc2c(c1Cl)CNC2. The fraction of sp³-hybridized carbons (Fsp3) is 0.455. The van der Waals surface area contributed by atoms with E-state index in [0.29, 0.717) is 0 Å². The Morgan fingerprint density at radius 1 is 1.36 bits per heavy atom. The first kappa shape index (κ1) is 9.81. The smallest absolute Gasteiger partial charge is 0.138 e. The second kappa shape index (κ2) is 3.79. The van der Waals surface area contributed by atoms with Crippen LogP contribution in [0, 0.1) is 0 Å². The number of fused-ring (bicyclic) bond motifs is 1. The molecule has 1 aromatic rings. The van der Waals surface area contributed by atoms with Gasteiger partial charge in [-0.05, 0) is 31.0 Å². The van der Waals surface area contributed by atoms with E-state index < -0.39 is 0 Å². The van der Waals surface area contributed by atoms with Crippen LogP contribution in [0.15, 0.2) is 12.1 Å². The molecule has 0 saturated heterocycles. The van der Waals surface area contributed by atoms with Crippen LogP contribution in [0.1, 0.15) is 25.0 Å². The second-order valence-corrected chi connectivity index (χ2v) is 4.16. The van der Waals surface area contributed by atoms with Crippen molar-refractivity contribution in [2.45, 2.75) is 33.0 Å². The van der Waals surface area contributed by atoms with Crippen LogP contribution in [0.25, 0.3) is 0 Å². The Morgan fingerprint density at radius 3 is 2.86 bits per heavy atom. The molecule has 76 valence electrons. The van der Waals surface area contributed by atoms with Gasteiger partial charge in [0.05, 0.1) is 11.1 Å². The third kappa shape index (κ3) is 1.72. The monoisotopic (exact) mass is 211 g/mol. The highest BCUT2D eigenvalue weighted by atomic mass is 35.5. The average Bonchev–Trinajstić information content (AvgIpc) is 2.57. The molecule has 1 N–H and O–H groups in total. The number of rotatable bonds is 2. The summed E-state index contributed by atoms with van der Waals surface area (Å²) in [5.74, 6) is 0.795. The maximum absolute atomic E-state index is 6.23. The van der Waals surface area contributed by atoms with E-state index in [1.165, 1.54) is 11.1 Å². The highest BCUT2D eigenvalue weighted by Gasteiger charge is 2.17. The molecule has 0 aromatic heterocycles. The van der Waals surface area contributed by atoms with Gasteiger partial charge >= 0.3 is 0 Å². The maximum Gasteiger partial charge on any atom is 0.138 e. The molecule has 0 saturated carbocycles. The Kier molecular flexibility index (Phi) is 2.66. The predicted octanol–water partition coefficient (Wildman–Crippen LogP) is 2.73. The third-order valence-electron chi connectivity index (χ3n) is 2.28. The number of halogens is 1. The van der Waals surface area contributed by atoms with Crippen molar-refractivity contribution in [3.05, 3.63) is 28.3 Å². The molecule has 14 heavy (non-hydrogen) atoms. The summed E-state index contributed by atoms with van der Waals surface area (Å²) in [6.07, 6.45) is 0.167. The van der Waals surface area contributed by atoms with Gasteiger partial charge in [0.1, 0.15) is 5.75 Å². The third-order valence-corrected chi connectivity index (χ3v) is 2.70. The first-order valence-electron chi connectivity index (χ1n) is 4.86. The van der Waals surface area contributed by atoms with Crippen LogP contribution < -0.4 is 10.1 Å². The van der Waals surface area contributed by atoms with E-state index in [1.54, 1.807) is 0 Å². The Labute approximate surface area is 89.2 Å². The van der Waals surface area contributed by atoms with Gasteiger partial charge in [-0.3, -0.25) is 0 Å². The van der Waals surface area contributed by atoms with Crippen molar-refractivity contribution in [1.29, 1.82) is 0 Å². The average molecular weight is 212 g/mol. The molecule has 0 unspecified atom stereocenters. The molecule has 0 atom stereocenters. The van der Waals surface area contributed by atoms with Gasteiger partial charge in [-0.2, -0.15) is 0 Å². The summed E-state index contributed by atoms with van der Waals surface area (Å²) in [5.41, 5.74) is 2.47. The lowest BCUT2D eigenvalue weighted by Crippen LogP contribution is -2.06. The Bertz CT molecular complexity index is 349. The van der Waals surface area contributed by atoms with E-state index in [-0.39, 0.29) is 6.10 Å². The summed E-state index contributed by atoms with van der Waals surface area (Å²) in [7, 11) is 0. The minimum atomic E-state index is 0.167. The molecule has 1 aromatic carbocycles. The Hall–Kier alpha value is -0.730. The largest absolute Gasteiger partial charge is 0.489 e. The van der Waals surface area contributed by atoms with E-state index in [9.17, 15) is 0 Å². The Balaban J connectivity index is 2.35. The summed E-state index contributed by atoms with van der Waals surface area (Å²) < 4.78 is 5.61. The van der Waals surface area contributed by atoms with Gasteiger partial charge in [0.15, 0.2) is 0 Å². The molecule has 3 heteroatoms. The van der Waals surface area contributed by atoms with E-state index >= 15 is 0 Å². The fourth-order valence-electron chi connectivity index (χ4n) is 1.66. The first-order valence-corrected chi connectivity index (χ1v) is 5.24. The number of ether oxygens (including phenoxy) is 1. The summed E-state index contributed by atoms with van der Waals surface area (Å²) in [6.45, 7) is 5.77. The van der Waals surface area contributed by atoms with E-state index in [2.05, 4.69) is 11.4 Å². The standard InChI is InChI=1S/C11H14ClNO/c1-7(2)14-10-4-3-8-5-13-6-9(8)11(10)12/h3-4,7,13H,5-6H2,1-2H3. The quantitative estimate of drug-likeness (QED) is 0.812. The summed E-state index contributed by atoms with van der Waals surface area (Å²) in [6, 6.07) is 4.03. The first-order chi connectivity index (χ1) is 6.68. The van der Waals surface area contributed by atoms with Gasteiger partial charge in [0.25, 0.3) is 0 Å². The summed E-state index contributed by atoms with van der Waals surface area (Å²) >= 11 is 6.23. The fourth-order valence-corrected chi connectivity index (χ4v) is 1.96. The summed E-state index contributed by atoms with van der Waals surface area (Å²) in [5, 5.41) is 4.03. The minimum Gasteiger partial charge on any atom is -0.489 e. The van der Waals surface area contributed by atoms with Gasteiger partial charge in [0, 0.05) is 13.1 Å². The number of hydrogen-bond acceptors (Lipinski definition) is 2. The number of benzene rings is 1. The molecule has 0 radical (unpaired) electrons. The lowest BCUT2D eigenvalue weighted by molar-refractivity contribution is 0.242. The molecule has 0 fully saturated rings. The zero-order valence-electron chi connectivity index (χ0n) is 8.43. The minimum absolute atomic E-state index is 0.167. The van der Waals surface area contributed by atoms with Crippen LogP contribution in [0.2, 0.25) is 5.02 Å². The van der Waals surface area contributed by atoms with Crippen LogP contribution in [0.4, 0.5) is 0 Å². The van der Waals surface area contributed by atoms with E-state index in [0.717, 1.165) is 23.9 Å². The molecule has 1 heterocycles. The van der Waals surface area contributed by atoms with Crippen molar-refractivity contribution in [2.24, 2.45) is 0 Å². The predicted molar refractivity (Wildman–Crippen MR) is 57.8 cm³/mol. The molecule has 1 aliphatic rings. The van der Waals surface area contributed by atoms with Crippen LogP contribution in [-0.2, 0) is 13.1 Å². The van der Waals surface area contributed by atoms with Gasteiger partial charge < -0.3 is 10.1 Å². The second-order valence-electron chi connectivity index (χ2n) is 3.79. The molecule has 2 nitrogen and oxygen atoms in total. The van der Waals surface area contributed by atoms with Crippen LogP contribution in [-0.4, -0.2) is 6.10 Å². The normalized spacial score (nSPS) is 14.6. The van der Waals surface area contributed by atoms with Crippen molar-refractivity contribution in [2.75, 3.05) is 0 Å². The Morgan fingerprint density at radius 2 is 2.14 bits per heavy atom. The lowest BCUT2D eigenvalue weighted by atomic mass is 10.1. The molecule has 0 amide bonds. The molecule has 1 aliphatic heterocycles. The molecular weight excluding hydrogens is 198 g/mol. The van der Waals surface area contributed by atoms with Crippen molar-refractivity contribution in [3.8, 4) is 5.75 Å². The van der Waals surface area contributed by atoms with Crippen molar-refractivity contribution >= 4 is 11.6 Å². The molecule has 0 spiro atoms. The van der Waals surface area contributed by atoms with Crippen molar-refractivity contribution < 1.29 is 4.74 Å². The molecule has 0 aliphatic carbocycles.